The summed E-state index contributed by atoms with van der Waals surface area (Å²) >= 11 is 5.56. The second-order valence-electron chi connectivity index (χ2n) is 7.50. The van der Waals surface area contributed by atoms with Gasteiger partial charge in [0.2, 0.25) is 5.91 Å². The molecule has 0 aromatic heterocycles. The maximum atomic E-state index is 13.0. The molecule has 0 saturated carbocycles. The van der Waals surface area contributed by atoms with Gasteiger partial charge in [-0.25, -0.2) is 8.42 Å². The molecule has 0 saturated heterocycles. The molecule has 0 spiro atoms. The Bertz CT molecular complexity index is 1300. The third-order valence-electron chi connectivity index (χ3n) is 4.85. The third kappa shape index (κ3) is 7.53. The summed E-state index contributed by atoms with van der Waals surface area (Å²) < 4.78 is 77.0. The van der Waals surface area contributed by atoms with Crippen LogP contribution in [-0.2, 0) is 21.0 Å². The molecule has 0 bridgehead atoms. The lowest BCUT2D eigenvalue weighted by Crippen LogP contribution is -2.15. The number of carbonyl (C=O) groups is 1. The second kappa shape index (κ2) is 11.5. The van der Waals surface area contributed by atoms with Gasteiger partial charge in [-0.3, -0.25) is 9.52 Å². The highest BCUT2D eigenvalue weighted by Gasteiger charge is 2.33. The lowest BCUT2D eigenvalue weighted by atomic mass is 10.2. The number of benzene rings is 3. The monoisotopic (exact) mass is 542 g/mol. The molecule has 0 atom stereocenters. The minimum absolute atomic E-state index is 0.176. The molecule has 3 aromatic carbocycles. The van der Waals surface area contributed by atoms with Crippen LogP contribution in [0.5, 0.6) is 11.5 Å². The zero-order chi connectivity index (χ0) is 26.3. The Kier molecular flexibility index (Phi) is 8.70. The van der Waals surface area contributed by atoms with E-state index in [9.17, 15) is 26.4 Å². The first-order valence-corrected chi connectivity index (χ1v) is 12.4. The molecule has 0 fully saturated rings. The van der Waals surface area contributed by atoms with Gasteiger partial charge in [0.15, 0.2) is 0 Å². The first kappa shape index (κ1) is 27.2. The summed E-state index contributed by atoms with van der Waals surface area (Å²) in [7, 11) is -2.61. The Morgan fingerprint density at radius 2 is 1.56 bits per heavy atom. The number of amides is 1. The molecular weight excluding hydrogens is 521 g/mol. The van der Waals surface area contributed by atoms with E-state index in [-0.39, 0.29) is 22.9 Å². The standard InChI is InChI=1S/C24H22ClF3N2O5S/c1-34-18-7-9-19(10-8-18)35-14-2-3-23(31)29-16-4-11-20(12-5-16)36(32,33)30-17-6-13-22(25)21(15-17)24(26,27)28/h4-13,15,30H,2-3,14H2,1H3,(H,29,31). The second-order valence-corrected chi connectivity index (χ2v) is 9.59. The number of rotatable bonds is 10. The fraction of sp³-hybridized carbons (Fsp3) is 0.208. The molecule has 192 valence electrons. The van der Waals surface area contributed by atoms with Crippen LogP contribution >= 0.6 is 11.6 Å². The number of sulfonamides is 1. The highest BCUT2D eigenvalue weighted by atomic mass is 35.5. The molecule has 0 aliphatic carbocycles. The number of carbonyl (C=O) groups excluding carboxylic acids is 1. The van der Waals surface area contributed by atoms with Crippen LogP contribution in [0.3, 0.4) is 0 Å². The zero-order valence-electron chi connectivity index (χ0n) is 18.9. The minimum atomic E-state index is -4.74. The minimum Gasteiger partial charge on any atom is -0.497 e. The first-order valence-electron chi connectivity index (χ1n) is 10.5. The quantitative estimate of drug-likeness (QED) is 0.308. The molecular formula is C24H22ClF3N2O5S. The highest BCUT2D eigenvalue weighted by Crippen LogP contribution is 2.36. The van der Waals surface area contributed by atoms with Crippen LogP contribution in [0.4, 0.5) is 24.5 Å². The lowest BCUT2D eigenvalue weighted by molar-refractivity contribution is -0.137. The van der Waals surface area contributed by atoms with Gasteiger partial charge in [-0.1, -0.05) is 11.6 Å². The third-order valence-corrected chi connectivity index (χ3v) is 6.58. The van der Waals surface area contributed by atoms with E-state index >= 15 is 0 Å². The van der Waals surface area contributed by atoms with Crippen LogP contribution < -0.4 is 19.5 Å². The van der Waals surface area contributed by atoms with Crippen molar-refractivity contribution in [1.82, 2.24) is 0 Å². The van der Waals surface area contributed by atoms with Crippen LogP contribution in [-0.4, -0.2) is 28.0 Å². The number of nitrogens with one attached hydrogen (secondary N) is 2. The van der Waals surface area contributed by atoms with Gasteiger partial charge in [0.05, 0.1) is 29.2 Å². The van der Waals surface area contributed by atoms with Crippen molar-refractivity contribution in [3.8, 4) is 11.5 Å². The predicted octanol–water partition coefficient (Wildman–Crippen LogP) is 5.97. The van der Waals surface area contributed by atoms with Crippen molar-refractivity contribution in [2.24, 2.45) is 0 Å². The van der Waals surface area contributed by atoms with E-state index in [2.05, 4.69) is 10.0 Å². The van der Waals surface area contributed by atoms with E-state index in [1.165, 1.54) is 24.3 Å². The van der Waals surface area contributed by atoms with Crippen LogP contribution in [0.1, 0.15) is 18.4 Å². The molecule has 0 aliphatic heterocycles. The predicted molar refractivity (Wildman–Crippen MR) is 130 cm³/mol. The van der Waals surface area contributed by atoms with Crippen molar-refractivity contribution < 1.29 is 35.9 Å². The normalized spacial score (nSPS) is 11.6. The van der Waals surface area contributed by atoms with Crippen molar-refractivity contribution >= 4 is 38.9 Å². The molecule has 2 N–H and O–H groups in total. The van der Waals surface area contributed by atoms with Crippen molar-refractivity contribution in [3.63, 3.8) is 0 Å². The average molecular weight is 543 g/mol. The number of hydrogen-bond acceptors (Lipinski definition) is 5. The van der Waals surface area contributed by atoms with E-state index in [1.54, 1.807) is 31.4 Å². The smallest absolute Gasteiger partial charge is 0.417 e. The molecule has 36 heavy (non-hydrogen) atoms. The first-order chi connectivity index (χ1) is 17.0. The van der Waals surface area contributed by atoms with E-state index in [0.717, 1.165) is 12.1 Å². The lowest BCUT2D eigenvalue weighted by Gasteiger charge is -2.13. The number of halogens is 4. The molecule has 7 nitrogen and oxygen atoms in total. The largest absolute Gasteiger partial charge is 0.497 e. The van der Waals surface area contributed by atoms with Crippen LogP contribution in [0.2, 0.25) is 5.02 Å². The molecule has 0 unspecified atom stereocenters. The average Bonchev–Trinajstić information content (AvgIpc) is 2.83. The number of ether oxygens (including phenoxy) is 2. The van der Waals surface area contributed by atoms with Crippen LogP contribution in [0.25, 0.3) is 0 Å². The van der Waals surface area contributed by atoms with Gasteiger partial charge in [-0.2, -0.15) is 13.2 Å². The Hall–Kier alpha value is -3.44. The van der Waals surface area contributed by atoms with Crippen molar-refractivity contribution in [2.75, 3.05) is 23.8 Å². The summed E-state index contributed by atoms with van der Waals surface area (Å²) in [6, 6.07) is 14.9. The number of methoxy groups -OCH3 is 1. The van der Waals surface area contributed by atoms with Gasteiger partial charge < -0.3 is 14.8 Å². The van der Waals surface area contributed by atoms with Gasteiger partial charge in [0, 0.05) is 17.8 Å². The number of anilines is 2. The molecule has 3 rings (SSSR count). The van der Waals surface area contributed by atoms with Gasteiger partial charge >= 0.3 is 6.18 Å². The fourth-order valence-electron chi connectivity index (χ4n) is 3.06. The molecule has 0 aliphatic rings. The number of alkyl halides is 3. The van der Waals surface area contributed by atoms with E-state index in [0.29, 0.717) is 36.3 Å². The Labute approximate surface area is 211 Å². The van der Waals surface area contributed by atoms with Crippen LogP contribution in [0.15, 0.2) is 71.6 Å². The molecule has 12 heteroatoms. The summed E-state index contributed by atoms with van der Waals surface area (Å²) in [5.74, 6) is 1.06. The van der Waals surface area contributed by atoms with Crippen molar-refractivity contribution in [3.05, 3.63) is 77.3 Å². The maximum Gasteiger partial charge on any atom is 0.417 e. The van der Waals surface area contributed by atoms with Gasteiger partial charge in [-0.05, 0) is 73.2 Å². The van der Waals surface area contributed by atoms with Gasteiger partial charge in [0.1, 0.15) is 11.5 Å². The molecule has 3 aromatic rings. The Balaban J connectivity index is 1.52. The van der Waals surface area contributed by atoms with E-state index in [1.807, 2.05) is 0 Å². The molecule has 0 heterocycles. The summed E-state index contributed by atoms with van der Waals surface area (Å²) in [5.41, 5.74) is -1.08. The summed E-state index contributed by atoms with van der Waals surface area (Å²) in [6.07, 6.45) is -4.11. The highest BCUT2D eigenvalue weighted by molar-refractivity contribution is 7.92. The topological polar surface area (TPSA) is 93.7 Å². The Morgan fingerprint density at radius 3 is 2.17 bits per heavy atom. The van der Waals surface area contributed by atoms with Gasteiger partial charge in [0.25, 0.3) is 10.0 Å². The fourth-order valence-corrected chi connectivity index (χ4v) is 4.33. The van der Waals surface area contributed by atoms with Crippen molar-refractivity contribution in [2.45, 2.75) is 23.9 Å². The maximum absolute atomic E-state index is 13.0. The summed E-state index contributed by atoms with van der Waals surface area (Å²) in [4.78, 5) is 12.0. The number of hydrogen-bond donors (Lipinski definition) is 2. The molecule has 1 amide bonds. The van der Waals surface area contributed by atoms with Gasteiger partial charge in [-0.15, -0.1) is 0 Å². The zero-order valence-corrected chi connectivity index (χ0v) is 20.5. The van der Waals surface area contributed by atoms with Crippen LogP contribution in [0, 0.1) is 0 Å². The SMILES string of the molecule is COc1ccc(OCCCC(=O)Nc2ccc(S(=O)(=O)Nc3ccc(Cl)c(C(F)(F)F)c3)cc2)cc1. The molecule has 0 radical (unpaired) electrons. The Morgan fingerprint density at radius 1 is 0.944 bits per heavy atom. The van der Waals surface area contributed by atoms with E-state index in [4.69, 9.17) is 21.1 Å². The van der Waals surface area contributed by atoms with Crippen molar-refractivity contribution in [1.29, 1.82) is 0 Å². The van der Waals surface area contributed by atoms with E-state index < -0.39 is 26.8 Å². The summed E-state index contributed by atoms with van der Waals surface area (Å²) in [6.45, 7) is 0.323. The summed E-state index contributed by atoms with van der Waals surface area (Å²) in [5, 5.41) is 2.10.